The summed E-state index contributed by atoms with van der Waals surface area (Å²) in [5.41, 5.74) is 2.26. The maximum absolute atomic E-state index is 12.9. The van der Waals surface area contributed by atoms with E-state index in [-0.39, 0.29) is 17.9 Å². The Morgan fingerprint density at radius 1 is 1.38 bits per heavy atom. The van der Waals surface area contributed by atoms with Crippen LogP contribution in [-0.2, 0) is 9.53 Å². The molecule has 2 atom stereocenters. The first-order valence-corrected chi connectivity index (χ1v) is 8.02. The number of ether oxygens (including phenoxy) is 1. The number of benzene rings is 1. The van der Waals surface area contributed by atoms with Crippen LogP contribution in [0.25, 0.3) is 0 Å². The van der Waals surface area contributed by atoms with E-state index in [0.717, 1.165) is 56.8 Å². The maximum atomic E-state index is 12.9. The second-order valence-electron chi connectivity index (χ2n) is 5.86. The largest absolute Gasteiger partial charge is 0.385 e. The predicted molar refractivity (Wildman–Crippen MR) is 83.5 cm³/mol. The van der Waals surface area contributed by atoms with Crippen LogP contribution in [0.5, 0.6) is 0 Å². The average Bonchev–Trinajstić information content (AvgIpc) is 2.54. The molecule has 2 unspecified atom stereocenters. The van der Waals surface area contributed by atoms with Gasteiger partial charge in [-0.2, -0.15) is 0 Å². The SMILES string of the molecule is CCOC1CCCN(C(=O)C2CCNc3ccccc32)C1. The van der Waals surface area contributed by atoms with E-state index in [4.69, 9.17) is 4.74 Å². The molecule has 0 aromatic heterocycles. The second-order valence-corrected chi connectivity index (χ2v) is 5.86. The molecule has 4 nitrogen and oxygen atoms in total. The Balaban J connectivity index is 1.74. The van der Waals surface area contributed by atoms with E-state index in [1.54, 1.807) is 0 Å². The van der Waals surface area contributed by atoms with Gasteiger partial charge in [0.05, 0.1) is 12.0 Å². The fourth-order valence-corrected chi connectivity index (χ4v) is 3.46. The molecule has 2 heterocycles. The van der Waals surface area contributed by atoms with Crippen molar-refractivity contribution in [3.05, 3.63) is 29.8 Å². The number of para-hydroxylation sites is 1. The fraction of sp³-hybridized carbons (Fsp3) is 0.588. The van der Waals surface area contributed by atoms with Crippen molar-refractivity contribution < 1.29 is 9.53 Å². The number of carbonyl (C=O) groups is 1. The number of anilines is 1. The molecule has 1 N–H and O–H groups in total. The Bertz CT molecular complexity index is 501. The van der Waals surface area contributed by atoms with E-state index in [1.807, 2.05) is 24.0 Å². The Kier molecular flexibility index (Phi) is 4.44. The summed E-state index contributed by atoms with van der Waals surface area (Å²) >= 11 is 0. The Morgan fingerprint density at radius 3 is 3.10 bits per heavy atom. The minimum Gasteiger partial charge on any atom is -0.385 e. The van der Waals surface area contributed by atoms with Crippen LogP contribution in [0.1, 0.15) is 37.7 Å². The molecule has 1 fully saturated rings. The summed E-state index contributed by atoms with van der Waals surface area (Å²) < 4.78 is 5.71. The van der Waals surface area contributed by atoms with Gasteiger partial charge in [0.15, 0.2) is 0 Å². The van der Waals surface area contributed by atoms with Gasteiger partial charge in [0.25, 0.3) is 0 Å². The molecule has 2 aliphatic heterocycles. The molecular formula is C17H24N2O2. The van der Waals surface area contributed by atoms with Crippen LogP contribution in [0.15, 0.2) is 24.3 Å². The van der Waals surface area contributed by atoms with Crippen molar-refractivity contribution >= 4 is 11.6 Å². The number of carbonyl (C=O) groups excluding carboxylic acids is 1. The summed E-state index contributed by atoms with van der Waals surface area (Å²) in [5, 5.41) is 3.38. The second kappa shape index (κ2) is 6.48. The van der Waals surface area contributed by atoms with E-state index in [1.165, 1.54) is 0 Å². The lowest BCUT2D eigenvalue weighted by molar-refractivity contribution is -0.137. The lowest BCUT2D eigenvalue weighted by atomic mass is 9.89. The van der Waals surface area contributed by atoms with Crippen molar-refractivity contribution in [2.75, 3.05) is 31.6 Å². The number of piperidine rings is 1. The molecule has 0 spiro atoms. The molecule has 0 aliphatic carbocycles. The third kappa shape index (κ3) is 3.05. The van der Waals surface area contributed by atoms with Crippen LogP contribution in [0.4, 0.5) is 5.69 Å². The van der Waals surface area contributed by atoms with Crippen LogP contribution in [-0.4, -0.2) is 43.2 Å². The highest BCUT2D eigenvalue weighted by molar-refractivity contribution is 5.86. The summed E-state index contributed by atoms with van der Waals surface area (Å²) in [6.07, 6.45) is 3.21. The summed E-state index contributed by atoms with van der Waals surface area (Å²) in [4.78, 5) is 14.9. The van der Waals surface area contributed by atoms with Crippen molar-refractivity contribution in [3.8, 4) is 0 Å². The van der Waals surface area contributed by atoms with Gasteiger partial charge in [-0.3, -0.25) is 4.79 Å². The fourth-order valence-electron chi connectivity index (χ4n) is 3.46. The smallest absolute Gasteiger partial charge is 0.230 e. The van der Waals surface area contributed by atoms with Crippen LogP contribution in [0.3, 0.4) is 0 Å². The van der Waals surface area contributed by atoms with Crippen LogP contribution < -0.4 is 5.32 Å². The molecule has 21 heavy (non-hydrogen) atoms. The molecule has 3 rings (SSSR count). The number of fused-ring (bicyclic) bond motifs is 1. The van der Waals surface area contributed by atoms with E-state index in [9.17, 15) is 4.79 Å². The van der Waals surface area contributed by atoms with Crippen molar-refractivity contribution in [3.63, 3.8) is 0 Å². The van der Waals surface area contributed by atoms with E-state index in [2.05, 4.69) is 17.4 Å². The number of nitrogens with one attached hydrogen (secondary N) is 1. The Hall–Kier alpha value is -1.55. The molecule has 2 aliphatic rings. The third-order valence-electron chi connectivity index (χ3n) is 4.47. The Morgan fingerprint density at radius 2 is 2.24 bits per heavy atom. The van der Waals surface area contributed by atoms with E-state index >= 15 is 0 Å². The lowest BCUT2D eigenvalue weighted by Gasteiger charge is -2.36. The standard InChI is InChI=1S/C17H24N2O2/c1-2-21-13-6-5-11-19(12-13)17(20)15-9-10-18-16-8-4-3-7-14(15)16/h3-4,7-8,13,15,18H,2,5-6,9-12H2,1H3. The van der Waals surface area contributed by atoms with Gasteiger partial charge in [-0.1, -0.05) is 18.2 Å². The van der Waals surface area contributed by atoms with Gasteiger partial charge in [0, 0.05) is 31.9 Å². The zero-order valence-electron chi connectivity index (χ0n) is 12.7. The van der Waals surface area contributed by atoms with Crippen molar-refractivity contribution in [1.29, 1.82) is 0 Å². The third-order valence-corrected chi connectivity index (χ3v) is 4.47. The monoisotopic (exact) mass is 288 g/mol. The first kappa shape index (κ1) is 14.4. The van der Waals surface area contributed by atoms with Crippen LogP contribution >= 0.6 is 0 Å². The normalized spacial score (nSPS) is 25.1. The molecule has 1 amide bonds. The molecule has 114 valence electrons. The van der Waals surface area contributed by atoms with Crippen molar-refractivity contribution in [2.45, 2.75) is 38.2 Å². The molecule has 1 aromatic rings. The molecular weight excluding hydrogens is 264 g/mol. The number of nitrogens with zero attached hydrogens (tertiary/aromatic N) is 1. The molecule has 0 radical (unpaired) electrons. The van der Waals surface area contributed by atoms with Crippen molar-refractivity contribution in [2.24, 2.45) is 0 Å². The van der Waals surface area contributed by atoms with E-state index in [0.29, 0.717) is 0 Å². The van der Waals surface area contributed by atoms with Crippen LogP contribution in [0, 0.1) is 0 Å². The van der Waals surface area contributed by atoms with Gasteiger partial charge in [0.2, 0.25) is 5.91 Å². The summed E-state index contributed by atoms with van der Waals surface area (Å²) in [6, 6.07) is 8.18. The van der Waals surface area contributed by atoms with Gasteiger partial charge >= 0.3 is 0 Å². The van der Waals surface area contributed by atoms with Crippen molar-refractivity contribution in [1.82, 2.24) is 4.90 Å². The number of hydrogen-bond acceptors (Lipinski definition) is 3. The highest BCUT2D eigenvalue weighted by Gasteiger charge is 2.32. The molecule has 0 saturated carbocycles. The van der Waals surface area contributed by atoms with E-state index < -0.39 is 0 Å². The van der Waals surface area contributed by atoms with Gasteiger partial charge in [-0.25, -0.2) is 0 Å². The minimum atomic E-state index is 0.00262. The number of likely N-dealkylation sites (tertiary alicyclic amines) is 1. The van der Waals surface area contributed by atoms with Crippen LogP contribution in [0.2, 0.25) is 0 Å². The average molecular weight is 288 g/mol. The molecule has 1 aromatic carbocycles. The summed E-state index contributed by atoms with van der Waals surface area (Å²) in [5.74, 6) is 0.274. The Labute approximate surface area is 126 Å². The summed E-state index contributed by atoms with van der Waals surface area (Å²) in [6.45, 7) is 5.23. The van der Waals surface area contributed by atoms with Gasteiger partial charge in [-0.05, 0) is 37.8 Å². The van der Waals surface area contributed by atoms with Gasteiger partial charge in [0.1, 0.15) is 0 Å². The first-order valence-electron chi connectivity index (χ1n) is 8.02. The predicted octanol–water partition coefficient (Wildman–Crippen LogP) is 2.61. The summed E-state index contributed by atoms with van der Waals surface area (Å²) in [7, 11) is 0. The van der Waals surface area contributed by atoms with Gasteiger partial charge < -0.3 is 15.0 Å². The lowest BCUT2D eigenvalue weighted by Crippen LogP contribution is -2.46. The quantitative estimate of drug-likeness (QED) is 0.929. The molecule has 4 heteroatoms. The first-order chi connectivity index (χ1) is 10.3. The molecule has 0 bridgehead atoms. The number of amides is 1. The topological polar surface area (TPSA) is 41.6 Å². The highest BCUT2D eigenvalue weighted by Crippen LogP contribution is 2.33. The minimum absolute atomic E-state index is 0.00262. The zero-order valence-corrected chi connectivity index (χ0v) is 12.7. The number of hydrogen-bond donors (Lipinski definition) is 1. The zero-order chi connectivity index (χ0) is 14.7. The number of rotatable bonds is 3. The molecule has 1 saturated heterocycles. The maximum Gasteiger partial charge on any atom is 0.230 e. The van der Waals surface area contributed by atoms with Gasteiger partial charge in [-0.15, -0.1) is 0 Å². The highest BCUT2D eigenvalue weighted by atomic mass is 16.5.